The molecule has 1 amide bonds. The number of primary amides is 1. The Morgan fingerprint density at radius 3 is 2.69 bits per heavy atom. The molecule has 2 nitrogen and oxygen atoms in total. The van der Waals surface area contributed by atoms with E-state index in [1.54, 1.807) is 12.1 Å². The van der Waals surface area contributed by atoms with Gasteiger partial charge in [-0.3, -0.25) is 4.79 Å². The SMILES string of the molecule is NC(=O)c1cc(C2CC2)ccc1F. The van der Waals surface area contributed by atoms with Crippen molar-refractivity contribution in [3.8, 4) is 0 Å². The Hall–Kier alpha value is -1.38. The van der Waals surface area contributed by atoms with Crippen LogP contribution in [-0.2, 0) is 0 Å². The van der Waals surface area contributed by atoms with Gasteiger partial charge in [0.25, 0.3) is 5.91 Å². The van der Waals surface area contributed by atoms with Gasteiger partial charge >= 0.3 is 0 Å². The van der Waals surface area contributed by atoms with Crippen LogP contribution in [0, 0.1) is 5.82 Å². The molecule has 68 valence electrons. The van der Waals surface area contributed by atoms with E-state index in [9.17, 15) is 9.18 Å². The molecule has 0 aliphatic heterocycles. The molecule has 2 rings (SSSR count). The summed E-state index contributed by atoms with van der Waals surface area (Å²) < 4.78 is 13.0. The molecule has 1 aliphatic rings. The fourth-order valence-corrected chi connectivity index (χ4v) is 1.40. The molecule has 1 fully saturated rings. The Balaban J connectivity index is 2.41. The first-order valence-electron chi connectivity index (χ1n) is 4.27. The third-order valence-electron chi connectivity index (χ3n) is 2.30. The number of hydrogen-bond donors (Lipinski definition) is 1. The quantitative estimate of drug-likeness (QED) is 0.739. The second-order valence-electron chi connectivity index (χ2n) is 3.38. The second kappa shape index (κ2) is 2.83. The van der Waals surface area contributed by atoms with E-state index in [4.69, 9.17) is 5.73 Å². The minimum Gasteiger partial charge on any atom is -0.366 e. The van der Waals surface area contributed by atoms with Crippen molar-refractivity contribution in [1.29, 1.82) is 0 Å². The highest BCUT2D eigenvalue weighted by molar-refractivity contribution is 5.93. The number of nitrogens with two attached hydrogens (primary N) is 1. The first kappa shape index (κ1) is 8.23. The minimum atomic E-state index is -0.694. The predicted molar refractivity (Wildman–Crippen MR) is 46.9 cm³/mol. The number of amides is 1. The topological polar surface area (TPSA) is 43.1 Å². The molecule has 0 bridgehead atoms. The van der Waals surface area contributed by atoms with E-state index in [2.05, 4.69) is 0 Å². The minimum absolute atomic E-state index is 0.00407. The number of rotatable bonds is 2. The van der Waals surface area contributed by atoms with Crippen LogP contribution in [0.15, 0.2) is 18.2 Å². The largest absolute Gasteiger partial charge is 0.366 e. The summed E-state index contributed by atoms with van der Waals surface area (Å²) in [5, 5.41) is 0. The summed E-state index contributed by atoms with van der Waals surface area (Å²) >= 11 is 0. The van der Waals surface area contributed by atoms with Crippen LogP contribution in [0.5, 0.6) is 0 Å². The molecule has 13 heavy (non-hydrogen) atoms. The Morgan fingerprint density at radius 1 is 1.46 bits per heavy atom. The van der Waals surface area contributed by atoms with Gasteiger partial charge in [0, 0.05) is 0 Å². The molecule has 2 N–H and O–H groups in total. The van der Waals surface area contributed by atoms with Crippen molar-refractivity contribution >= 4 is 5.91 Å². The third kappa shape index (κ3) is 1.54. The van der Waals surface area contributed by atoms with Crippen molar-refractivity contribution < 1.29 is 9.18 Å². The molecule has 3 heteroatoms. The standard InChI is InChI=1S/C10H10FNO/c11-9-4-3-7(6-1-2-6)5-8(9)10(12)13/h3-6H,1-2H2,(H2,12,13). The van der Waals surface area contributed by atoms with E-state index in [0.717, 1.165) is 18.4 Å². The molecule has 0 unspecified atom stereocenters. The average molecular weight is 179 g/mol. The number of halogens is 1. The van der Waals surface area contributed by atoms with Gasteiger partial charge in [0.15, 0.2) is 0 Å². The molecule has 0 spiro atoms. The maximum absolute atomic E-state index is 13.0. The maximum Gasteiger partial charge on any atom is 0.251 e. The normalized spacial score (nSPS) is 15.8. The van der Waals surface area contributed by atoms with Gasteiger partial charge in [-0.05, 0) is 36.5 Å². The number of carbonyl (C=O) groups excluding carboxylic acids is 1. The highest BCUT2D eigenvalue weighted by atomic mass is 19.1. The summed E-state index contributed by atoms with van der Waals surface area (Å²) in [5.74, 6) is -0.712. The highest BCUT2D eigenvalue weighted by Crippen LogP contribution is 2.40. The molecule has 1 aliphatic carbocycles. The monoisotopic (exact) mass is 179 g/mol. The predicted octanol–water partition coefficient (Wildman–Crippen LogP) is 1.80. The summed E-state index contributed by atoms with van der Waals surface area (Å²) in [6.45, 7) is 0. The van der Waals surface area contributed by atoms with Gasteiger partial charge in [0.2, 0.25) is 0 Å². The van der Waals surface area contributed by atoms with Crippen LogP contribution < -0.4 is 5.73 Å². The second-order valence-corrected chi connectivity index (χ2v) is 3.38. The smallest absolute Gasteiger partial charge is 0.251 e. The lowest BCUT2D eigenvalue weighted by Crippen LogP contribution is -2.13. The van der Waals surface area contributed by atoms with Gasteiger partial charge in [0.05, 0.1) is 5.56 Å². The summed E-state index contributed by atoms with van der Waals surface area (Å²) in [6, 6.07) is 4.60. The number of carbonyl (C=O) groups is 1. The lowest BCUT2D eigenvalue weighted by atomic mass is 10.1. The summed E-state index contributed by atoms with van der Waals surface area (Å²) in [7, 11) is 0. The molecule has 0 atom stereocenters. The first-order valence-corrected chi connectivity index (χ1v) is 4.27. The number of hydrogen-bond acceptors (Lipinski definition) is 1. The van der Waals surface area contributed by atoms with Crippen molar-refractivity contribution in [1.82, 2.24) is 0 Å². The van der Waals surface area contributed by atoms with E-state index in [1.807, 2.05) is 0 Å². The maximum atomic E-state index is 13.0. The zero-order valence-electron chi connectivity index (χ0n) is 7.09. The zero-order valence-corrected chi connectivity index (χ0v) is 7.09. The molecule has 0 heterocycles. The van der Waals surface area contributed by atoms with E-state index < -0.39 is 11.7 Å². The van der Waals surface area contributed by atoms with E-state index in [1.165, 1.54) is 6.07 Å². The molecular formula is C10H10FNO. The first-order chi connectivity index (χ1) is 6.18. The molecule has 1 aromatic rings. The zero-order chi connectivity index (χ0) is 9.42. The molecule has 0 aromatic heterocycles. The molecule has 1 aromatic carbocycles. The summed E-state index contributed by atoms with van der Waals surface area (Å²) in [6.07, 6.45) is 2.26. The molecular weight excluding hydrogens is 169 g/mol. The fourth-order valence-electron chi connectivity index (χ4n) is 1.40. The van der Waals surface area contributed by atoms with Crippen LogP contribution in [0.4, 0.5) is 4.39 Å². The Morgan fingerprint density at radius 2 is 2.15 bits per heavy atom. The van der Waals surface area contributed by atoms with Crippen molar-refractivity contribution in [2.75, 3.05) is 0 Å². The Kier molecular flexibility index (Phi) is 1.79. The van der Waals surface area contributed by atoms with Gasteiger partial charge < -0.3 is 5.73 Å². The summed E-state index contributed by atoms with van der Waals surface area (Å²) in [5.41, 5.74) is 6.05. The van der Waals surface area contributed by atoms with Crippen molar-refractivity contribution in [3.05, 3.63) is 35.1 Å². The summed E-state index contributed by atoms with van der Waals surface area (Å²) in [4.78, 5) is 10.8. The fraction of sp³-hybridized carbons (Fsp3) is 0.300. The lowest BCUT2D eigenvalue weighted by molar-refractivity contribution is 0.0996. The van der Waals surface area contributed by atoms with E-state index >= 15 is 0 Å². The number of benzene rings is 1. The van der Waals surface area contributed by atoms with Gasteiger partial charge in [-0.2, -0.15) is 0 Å². The average Bonchev–Trinajstić information content (AvgIpc) is 2.87. The van der Waals surface area contributed by atoms with Gasteiger partial charge in [0.1, 0.15) is 5.82 Å². The van der Waals surface area contributed by atoms with Crippen LogP contribution in [0.25, 0.3) is 0 Å². The van der Waals surface area contributed by atoms with Crippen LogP contribution in [-0.4, -0.2) is 5.91 Å². The van der Waals surface area contributed by atoms with Crippen LogP contribution >= 0.6 is 0 Å². The van der Waals surface area contributed by atoms with Gasteiger partial charge in [-0.1, -0.05) is 6.07 Å². The molecule has 1 saturated carbocycles. The van der Waals surface area contributed by atoms with Gasteiger partial charge in [-0.25, -0.2) is 4.39 Å². The Labute approximate surface area is 75.6 Å². The Bertz CT molecular complexity index is 358. The lowest BCUT2D eigenvalue weighted by Gasteiger charge is -2.01. The molecule has 0 saturated heterocycles. The van der Waals surface area contributed by atoms with E-state index in [-0.39, 0.29) is 5.56 Å². The third-order valence-corrected chi connectivity index (χ3v) is 2.30. The van der Waals surface area contributed by atoms with Crippen molar-refractivity contribution in [3.63, 3.8) is 0 Å². The van der Waals surface area contributed by atoms with Crippen LogP contribution in [0.1, 0.15) is 34.7 Å². The molecule has 0 radical (unpaired) electrons. The van der Waals surface area contributed by atoms with Crippen LogP contribution in [0.2, 0.25) is 0 Å². The van der Waals surface area contributed by atoms with Crippen molar-refractivity contribution in [2.24, 2.45) is 5.73 Å². The van der Waals surface area contributed by atoms with E-state index in [0.29, 0.717) is 5.92 Å². The van der Waals surface area contributed by atoms with Gasteiger partial charge in [-0.15, -0.1) is 0 Å². The van der Waals surface area contributed by atoms with Crippen molar-refractivity contribution in [2.45, 2.75) is 18.8 Å². The van der Waals surface area contributed by atoms with Crippen LogP contribution in [0.3, 0.4) is 0 Å². The highest BCUT2D eigenvalue weighted by Gasteiger charge is 2.24.